The average Bonchev–Trinajstić information content (AvgIpc) is 2.89. The Bertz CT molecular complexity index is 1260. The fraction of sp³-hybridized carbons (Fsp3) is 0.0714. The van der Waals surface area contributed by atoms with Crippen molar-refractivity contribution in [3.8, 4) is 23.0 Å². The lowest BCUT2D eigenvalue weighted by Gasteiger charge is -2.10. The highest BCUT2D eigenvalue weighted by Crippen LogP contribution is 2.31. The molecule has 0 radical (unpaired) electrons. The summed E-state index contributed by atoms with van der Waals surface area (Å²) in [7, 11) is 0. The molecule has 7 nitrogen and oxygen atoms in total. The topological polar surface area (TPSA) is 80.3 Å². The quantitative estimate of drug-likeness (QED) is 0.155. The Labute approximate surface area is 222 Å². The van der Waals surface area contributed by atoms with Gasteiger partial charge in [0, 0.05) is 5.04 Å². The number of para-hydroxylation sites is 2. The number of ether oxygens (including phenoxy) is 2. The first-order valence-electron chi connectivity index (χ1n) is 11.1. The first-order valence-corrected chi connectivity index (χ1v) is 11.8. The Morgan fingerprint density at radius 3 is 1.38 bits per heavy atom. The van der Waals surface area contributed by atoms with E-state index in [4.69, 9.17) is 32.7 Å². The molecule has 0 N–H and O–H groups in total. The number of hydrogen-bond acceptors (Lipinski definition) is 7. The van der Waals surface area contributed by atoms with E-state index >= 15 is 0 Å². The summed E-state index contributed by atoms with van der Waals surface area (Å²) in [4.78, 5) is 33.4. The molecule has 4 aromatic rings. The van der Waals surface area contributed by atoms with Gasteiger partial charge in [0.1, 0.15) is 23.0 Å². The van der Waals surface area contributed by atoms with Gasteiger partial charge >= 0.3 is 11.9 Å². The lowest BCUT2D eigenvalue weighted by molar-refractivity contribution is -0.459. The molecule has 0 fully saturated rings. The third-order valence-electron chi connectivity index (χ3n) is 4.88. The molecule has 0 saturated carbocycles. The molecule has 0 unspecified atom stereocenters. The number of halogens is 2. The lowest BCUT2D eigenvalue weighted by atomic mass is 10.1. The van der Waals surface area contributed by atoms with Gasteiger partial charge < -0.3 is 9.47 Å². The van der Waals surface area contributed by atoms with E-state index in [1.54, 1.807) is 60.7 Å². The molecule has 9 heteroatoms. The van der Waals surface area contributed by atoms with E-state index in [1.165, 1.54) is 0 Å². The van der Waals surface area contributed by atoms with Gasteiger partial charge in [-0.2, -0.15) is 0 Å². The van der Waals surface area contributed by atoms with Crippen LogP contribution in [0.2, 0.25) is 10.0 Å². The van der Waals surface area contributed by atoms with E-state index in [1.807, 2.05) is 36.4 Å². The lowest BCUT2D eigenvalue weighted by Crippen LogP contribution is -2.13. The maximum atomic E-state index is 12.1. The molecule has 4 rings (SSSR count). The smallest absolute Gasteiger partial charge is 0.351 e. The van der Waals surface area contributed by atoms with E-state index in [0.717, 1.165) is 0 Å². The van der Waals surface area contributed by atoms with Crippen molar-refractivity contribution < 1.29 is 33.9 Å². The number of carbonyl (C=O) groups is 2. The van der Waals surface area contributed by atoms with Gasteiger partial charge in [0.15, 0.2) is 0 Å². The van der Waals surface area contributed by atoms with Crippen LogP contribution in [0.25, 0.3) is 0 Å². The van der Waals surface area contributed by atoms with Crippen molar-refractivity contribution in [1.82, 2.24) is 0 Å². The molecule has 0 aliphatic heterocycles. The zero-order chi connectivity index (χ0) is 26.0. The zero-order valence-electron chi connectivity index (χ0n) is 19.3. The van der Waals surface area contributed by atoms with Crippen molar-refractivity contribution in [2.45, 2.75) is 12.8 Å². The number of hydrogen-bond donors (Lipinski definition) is 0. The summed E-state index contributed by atoms with van der Waals surface area (Å²) < 4.78 is 11.5. The first kappa shape index (κ1) is 26.0. The van der Waals surface area contributed by atoms with Crippen LogP contribution in [0.5, 0.6) is 23.0 Å². The van der Waals surface area contributed by atoms with Crippen molar-refractivity contribution in [2.75, 3.05) is 0 Å². The van der Waals surface area contributed by atoms with Crippen molar-refractivity contribution in [1.29, 1.82) is 0 Å². The molecule has 0 aromatic heterocycles. The number of benzene rings is 4. The summed E-state index contributed by atoms with van der Waals surface area (Å²) in [5.41, 5.74) is 1.12. The fourth-order valence-electron chi connectivity index (χ4n) is 3.19. The van der Waals surface area contributed by atoms with E-state index in [9.17, 15) is 9.59 Å². The van der Waals surface area contributed by atoms with Crippen molar-refractivity contribution in [3.63, 3.8) is 0 Å². The van der Waals surface area contributed by atoms with Gasteiger partial charge in [-0.15, -0.1) is 0 Å². The normalized spacial score (nSPS) is 10.4. The van der Waals surface area contributed by atoms with Crippen LogP contribution in [0.1, 0.15) is 11.1 Å². The Hall–Kier alpha value is -4.04. The molecular weight excluding hydrogens is 519 g/mol. The highest BCUT2D eigenvalue weighted by Gasteiger charge is 2.14. The molecule has 0 spiro atoms. The second-order valence-corrected chi connectivity index (χ2v) is 8.51. The van der Waals surface area contributed by atoms with Crippen molar-refractivity contribution in [3.05, 3.63) is 118 Å². The van der Waals surface area contributed by atoms with Gasteiger partial charge in [-0.1, -0.05) is 71.7 Å². The molecule has 188 valence electrons. The van der Waals surface area contributed by atoms with Gasteiger partial charge in [-0.3, -0.25) is 9.78 Å². The molecule has 37 heavy (non-hydrogen) atoms. The van der Waals surface area contributed by atoms with E-state index in [-0.39, 0.29) is 12.8 Å². The second kappa shape index (κ2) is 12.8. The highest BCUT2D eigenvalue weighted by atomic mass is 35.5. The Balaban J connectivity index is 1.25. The predicted octanol–water partition coefficient (Wildman–Crippen LogP) is 7.30. The van der Waals surface area contributed by atoms with Crippen molar-refractivity contribution in [2.24, 2.45) is 0 Å². The summed E-state index contributed by atoms with van der Waals surface area (Å²) >= 11 is 12.4. The van der Waals surface area contributed by atoms with Crippen LogP contribution >= 0.6 is 23.2 Å². The van der Waals surface area contributed by atoms with Crippen LogP contribution in [0.3, 0.4) is 0 Å². The predicted molar refractivity (Wildman–Crippen MR) is 137 cm³/mol. The van der Waals surface area contributed by atoms with E-state index in [0.29, 0.717) is 44.2 Å². The molecule has 4 aromatic carbocycles. The average molecular weight is 539 g/mol. The van der Waals surface area contributed by atoms with Crippen LogP contribution in [-0.4, -0.2) is 11.9 Å². The minimum absolute atomic E-state index is 0.169. The van der Waals surface area contributed by atoms with Crippen molar-refractivity contribution >= 4 is 35.1 Å². The summed E-state index contributed by atoms with van der Waals surface area (Å²) in [5.74, 6) is 0.377. The maximum Gasteiger partial charge on any atom is 0.351 e. The monoisotopic (exact) mass is 538 g/mol. The Morgan fingerprint density at radius 2 is 0.973 bits per heavy atom. The van der Waals surface area contributed by atoms with Gasteiger partial charge in [0.05, 0.1) is 22.9 Å². The summed E-state index contributed by atoms with van der Waals surface area (Å²) in [6.45, 7) is 0. The maximum absolute atomic E-state index is 12.1. The third-order valence-corrected chi connectivity index (χ3v) is 5.51. The molecule has 0 aliphatic carbocycles. The van der Waals surface area contributed by atoms with Gasteiger partial charge in [0.25, 0.3) is 0 Å². The number of rotatable bonds is 10. The molecule has 0 aliphatic rings. The van der Waals surface area contributed by atoms with Gasteiger partial charge in [-0.25, -0.2) is 9.59 Å². The third kappa shape index (κ3) is 7.98. The minimum Gasteiger partial charge on any atom is -0.456 e. The summed E-state index contributed by atoms with van der Waals surface area (Å²) in [6, 6.07) is 27.9. The summed E-state index contributed by atoms with van der Waals surface area (Å²) in [5, 5.41) is 5.15. The standard InChI is InChI=1S/C28H20Cl2O7/c29-23-13-11-19(15-25(23)33-21-7-3-1-4-8-21)17-27(31)35-37-36-28(32)18-20-12-14-24(30)26(16-20)34-22-9-5-2-6-10-22/h1-16H,17-18H2. The largest absolute Gasteiger partial charge is 0.456 e. The second-order valence-electron chi connectivity index (χ2n) is 7.69. The van der Waals surface area contributed by atoms with Crippen LogP contribution in [0.4, 0.5) is 0 Å². The Kier molecular flexibility index (Phi) is 8.99. The fourth-order valence-corrected chi connectivity index (χ4v) is 3.50. The molecule has 0 bridgehead atoms. The molecule has 0 amide bonds. The van der Waals surface area contributed by atoms with E-state index < -0.39 is 11.9 Å². The van der Waals surface area contributed by atoms with Crippen LogP contribution in [0.15, 0.2) is 97.1 Å². The highest BCUT2D eigenvalue weighted by molar-refractivity contribution is 6.32. The van der Waals surface area contributed by atoms with E-state index in [2.05, 4.69) is 14.8 Å². The van der Waals surface area contributed by atoms with Crippen LogP contribution in [-0.2, 0) is 37.2 Å². The van der Waals surface area contributed by atoms with Gasteiger partial charge in [0.2, 0.25) is 0 Å². The van der Waals surface area contributed by atoms with Gasteiger partial charge in [-0.05, 0) is 59.7 Å². The molecule has 0 saturated heterocycles. The number of carbonyl (C=O) groups excluding carboxylic acids is 2. The minimum atomic E-state index is -0.786. The molecule has 0 atom stereocenters. The summed E-state index contributed by atoms with van der Waals surface area (Å²) in [6.07, 6.45) is -0.339. The molecular formula is C28H20Cl2O7. The first-order chi connectivity index (χ1) is 18.0. The van der Waals surface area contributed by atoms with Crippen LogP contribution in [0, 0.1) is 0 Å². The molecule has 0 heterocycles. The zero-order valence-corrected chi connectivity index (χ0v) is 20.8. The SMILES string of the molecule is O=C(Cc1ccc(Cl)c(Oc2ccccc2)c1)OOOC(=O)Cc1ccc(Cl)c(Oc2ccccc2)c1. The van der Waals surface area contributed by atoms with Crippen LogP contribution < -0.4 is 9.47 Å². The Morgan fingerprint density at radius 1 is 0.568 bits per heavy atom.